The van der Waals surface area contributed by atoms with Gasteiger partial charge < -0.3 is 5.32 Å². The standard InChI is InChI=1S/C19H30N4O/c24-19(16-22-10-2-1-3-11-22)21-13-18-5-4-12-23(15-18)14-17-6-8-20-9-7-17/h6-9,18H,1-5,10-16H2,(H,21,24). The minimum atomic E-state index is 0.197. The molecular formula is C19H30N4O. The summed E-state index contributed by atoms with van der Waals surface area (Å²) in [5, 5.41) is 3.17. The van der Waals surface area contributed by atoms with Crippen LogP contribution in [0.4, 0.5) is 0 Å². The second kappa shape index (κ2) is 9.14. The Kier molecular flexibility index (Phi) is 6.61. The Morgan fingerprint density at radius 3 is 2.62 bits per heavy atom. The van der Waals surface area contributed by atoms with Crippen LogP contribution in [0.3, 0.4) is 0 Å². The van der Waals surface area contributed by atoms with Crippen LogP contribution in [-0.2, 0) is 11.3 Å². The average molecular weight is 330 g/mol. The molecule has 1 amide bonds. The molecule has 0 aromatic carbocycles. The Labute approximate surface area is 145 Å². The molecule has 2 fully saturated rings. The fourth-order valence-corrected chi connectivity index (χ4v) is 3.84. The molecule has 0 saturated carbocycles. The van der Waals surface area contributed by atoms with E-state index in [1.54, 1.807) is 0 Å². The lowest BCUT2D eigenvalue weighted by molar-refractivity contribution is -0.122. The number of nitrogens with zero attached hydrogens (tertiary/aromatic N) is 3. The van der Waals surface area contributed by atoms with Crippen LogP contribution < -0.4 is 5.32 Å². The van der Waals surface area contributed by atoms with Gasteiger partial charge in [0.1, 0.15) is 0 Å². The van der Waals surface area contributed by atoms with Crippen LogP contribution in [0.2, 0.25) is 0 Å². The van der Waals surface area contributed by atoms with Gasteiger partial charge in [0.25, 0.3) is 0 Å². The number of piperidine rings is 2. The van der Waals surface area contributed by atoms with Gasteiger partial charge in [-0.05, 0) is 68.9 Å². The van der Waals surface area contributed by atoms with E-state index in [0.717, 1.165) is 39.3 Å². The van der Waals surface area contributed by atoms with Crippen molar-refractivity contribution >= 4 is 5.91 Å². The van der Waals surface area contributed by atoms with E-state index in [0.29, 0.717) is 12.5 Å². The van der Waals surface area contributed by atoms with Gasteiger partial charge in [0.2, 0.25) is 5.91 Å². The van der Waals surface area contributed by atoms with E-state index in [1.807, 2.05) is 12.4 Å². The molecule has 1 aromatic rings. The second-order valence-electron chi connectivity index (χ2n) is 7.24. The first-order chi connectivity index (χ1) is 11.8. The number of rotatable bonds is 6. The third-order valence-electron chi connectivity index (χ3n) is 5.16. The van der Waals surface area contributed by atoms with Crippen LogP contribution in [0.1, 0.15) is 37.7 Å². The van der Waals surface area contributed by atoms with Gasteiger partial charge >= 0.3 is 0 Å². The number of likely N-dealkylation sites (tertiary alicyclic amines) is 2. The molecule has 0 bridgehead atoms. The summed E-state index contributed by atoms with van der Waals surface area (Å²) in [6.07, 6.45) is 9.94. The molecule has 0 radical (unpaired) electrons. The summed E-state index contributed by atoms with van der Waals surface area (Å²) in [7, 11) is 0. The van der Waals surface area contributed by atoms with Crippen molar-refractivity contribution in [1.82, 2.24) is 20.1 Å². The molecule has 24 heavy (non-hydrogen) atoms. The van der Waals surface area contributed by atoms with Crippen LogP contribution in [0, 0.1) is 5.92 Å². The van der Waals surface area contributed by atoms with Crippen molar-refractivity contribution < 1.29 is 4.79 Å². The SMILES string of the molecule is O=C(CN1CCCCC1)NCC1CCCN(Cc2ccncc2)C1. The first-order valence-electron chi connectivity index (χ1n) is 9.40. The largest absolute Gasteiger partial charge is 0.355 e. The maximum Gasteiger partial charge on any atom is 0.234 e. The molecule has 2 saturated heterocycles. The molecule has 2 aliphatic rings. The molecule has 2 aliphatic heterocycles. The van der Waals surface area contributed by atoms with Crippen molar-refractivity contribution in [2.45, 2.75) is 38.6 Å². The number of aromatic nitrogens is 1. The molecule has 1 unspecified atom stereocenters. The van der Waals surface area contributed by atoms with Gasteiger partial charge in [-0.3, -0.25) is 19.6 Å². The van der Waals surface area contributed by atoms with E-state index in [2.05, 4.69) is 32.2 Å². The predicted octanol–water partition coefficient (Wildman–Crippen LogP) is 1.90. The Morgan fingerprint density at radius 2 is 1.83 bits per heavy atom. The summed E-state index contributed by atoms with van der Waals surface area (Å²) in [6.45, 7) is 6.77. The summed E-state index contributed by atoms with van der Waals surface area (Å²) < 4.78 is 0. The van der Waals surface area contributed by atoms with Gasteiger partial charge in [-0.1, -0.05) is 6.42 Å². The maximum absolute atomic E-state index is 12.2. The van der Waals surface area contributed by atoms with E-state index in [1.165, 1.54) is 37.7 Å². The number of carbonyl (C=O) groups is 1. The van der Waals surface area contributed by atoms with E-state index < -0.39 is 0 Å². The summed E-state index contributed by atoms with van der Waals surface area (Å²) >= 11 is 0. The summed E-state index contributed by atoms with van der Waals surface area (Å²) in [4.78, 5) is 21.0. The Balaban J connectivity index is 1.38. The molecule has 132 valence electrons. The molecule has 3 heterocycles. The zero-order valence-electron chi connectivity index (χ0n) is 14.6. The normalized spacial score (nSPS) is 23.1. The Morgan fingerprint density at radius 1 is 1.08 bits per heavy atom. The van der Waals surface area contributed by atoms with Crippen LogP contribution in [0.5, 0.6) is 0 Å². The number of hydrogen-bond donors (Lipinski definition) is 1. The Hall–Kier alpha value is -1.46. The topological polar surface area (TPSA) is 48.5 Å². The van der Waals surface area contributed by atoms with Crippen molar-refractivity contribution in [3.8, 4) is 0 Å². The van der Waals surface area contributed by atoms with E-state index >= 15 is 0 Å². The van der Waals surface area contributed by atoms with Gasteiger partial charge in [-0.25, -0.2) is 0 Å². The van der Waals surface area contributed by atoms with E-state index in [-0.39, 0.29) is 5.91 Å². The lowest BCUT2D eigenvalue weighted by Gasteiger charge is -2.33. The van der Waals surface area contributed by atoms with Crippen LogP contribution >= 0.6 is 0 Å². The van der Waals surface area contributed by atoms with Gasteiger partial charge in [0, 0.05) is 32.0 Å². The van der Waals surface area contributed by atoms with E-state index in [9.17, 15) is 4.79 Å². The average Bonchev–Trinajstić information content (AvgIpc) is 2.62. The van der Waals surface area contributed by atoms with Gasteiger partial charge in [-0.2, -0.15) is 0 Å². The van der Waals surface area contributed by atoms with Crippen LogP contribution in [0.25, 0.3) is 0 Å². The third kappa shape index (κ3) is 5.56. The number of amides is 1. The zero-order valence-corrected chi connectivity index (χ0v) is 14.6. The van der Waals surface area contributed by atoms with Gasteiger partial charge in [0.05, 0.1) is 6.54 Å². The quantitative estimate of drug-likeness (QED) is 0.865. The molecule has 1 aromatic heterocycles. The van der Waals surface area contributed by atoms with Gasteiger partial charge in [-0.15, -0.1) is 0 Å². The fraction of sp³-hybridized carbons (Fsp3) is 0.684. The predicted molar refractivity (Wildman–Crippen MR) is 95.5 cm³/mol. The molecule has 3 rings (SSSR count). The van der Waals surface area contributed by atoms with Crippen LogP contribution in [0.15, 0.2) is 24.5 Å². The van der Waals surface area contributed by atoms with Crippen molar-refractivity contribution in [2.75, 3.05) is 39.3 Å². The fourth-order valence-electron chi connectivity index (χ4n) is 3.84. The lowest BCUT2D eigenvalue weighted by atomic mass is 9.97. The van der Waals surface area contributed by atoms with Crippen molar-refractivity contribution in [1.29, 1.82) is 0 Å². The summed E-state index contributed by atoms with van der Waals surface area (Å²) in [5.74, 6) is 0.772. The number of carbonyl (C=O) groups excluding carboxylic acids is 1. The second-order valence-corrected chi connectivity index (χ2v) is 7.24. The highest BCUT2D eigenvalue weighted by atomic mass is 16.2. The smallest absolute Gasteiger partial charge is 0.234 e. The highest BCUT2D eigenvalue weighted by Gasteiger charge is 2.21. The number of nitrogens with one attached hydrogen (secondary N) is 1. The van der Waals surface area contributed by atoms with Crippen LogP contribution in [-0.4, -0.2) is 60.0 Å². The monoisotopic (exact) mass is 330 g/mol. The first-order valence-corrected chi connectivity index (χ1v) is 9.40. The minimum absolute atomic E-state index is 0.197. The maximum atomic E-state index is 12.2. The molecule has 5 nitrogen and oxygen atoms in total. The molecule has 1 N–H and O–H groups in total. The third-order valence-corrected chi connectivity index (χ3v) is 5.16. The number of pyridine rings is 1. The van der Waals surface area contributed by atoms with E-state index in [4.69, 9.17) is 0 Å². The molecule has 0 spiro atoms. The van der Waals surface area contributed by atoms with Crippen molar-refractivity contribution in [3.05, 3.63) is 30.1 Å². The summed E-state index contributed by atoms with van der Waals surface area (Å²) in [6, 6.07) is 4.17. The zero-order chi connectivity index (χ0) is 16.6. The number of hydrogen-bond acceptors (Lipinski definition) is 4. The molecular weight excluding hydrogens is 300 g/mol. The highest BCUT2D eigenvalue weighted by molar-refractivity contribution is 5.78. The van der Waals surface area contributed by atoms with Crippen molar-refractivity contribution in [2.24, 2.45) is 5.92 Å². The van der Waals surface area contributed by atoms with Crippen molar-refractivity contribution in [3.63, 3.8) is 0 Å². The van der Waals surface area contributed by atoms with Gasteiger partial charge in [0.15, 0.2) is 0 Å². The highest BCUT2D eigenvalue weighted by Crippen LogP contribution is 2.18. The Bertz CT molecular complexity index is 501. The molecule has 5 heteroatoms. The minimum Gasteiger partial charge on any atom is -0.355 e. The first kappa shape index (κ1) is 17.4. The molecule has 0 aliphatic carbocycles. The molecule has 1 atom stereocenters. The summed E-state index contributed by atoms with van der Waals surface area (Å²) in [5.41, 5.74) is 1.32. The lowest BCUT2D eigenvalue weighted by Crippen LogP contribution is -2.44.